The molecule has 2 nitrogen and oxygen atoms in total. The van der Waals surface area contributed by atoms with Crippen LogP contribution in [0.3, 0.4) is 0 Å². The Labute approximate surface area is 118 Å². The second-order valence-corrected chi connectivity index (χ2v) is 5.83. The maximum Gasteiger partial charge on any atom is 0.0512 e. The number of benzene rings is 1. The molecule has 2 atom stereocenters. The Morgan fingerprint density at radius 2 is 2.22 bits per heavy atom. The highest BCUT2D eigenvalue weighted by molar-refractivity contribution is 9.10. The number of nitrogens with one attached hydrogen (secondary N) is 1. The second-order valence-electron chi connectivity index (χ2n) is 4.98. The lowest BCUT2D eigenvalue weighted by Gasteiger charge is -2.32. The molecule has 100 valence electrons. The van der Waals surface area contributed by atoms with Crippen LogP contribution in [0.1, 0.15) is 25.3 Å². The van der Waals surface area contributed by atoms with Crippen molar-refractivity contribution in [1.29, 1.82) is 0 Å². The fourth-order valence-corrected chi connectivity index (χ4v) is 2.99. The molecule has 0 aromatic heterocycles. The Kier molecular flexibility index (Phi) is 5.67. The van der Waals surface area contributed by atoms with E-state index in [4.69, 9.17) is 4.74 Å². The molecule has 1 fully saturated rings. The number of hydrogen-bond acceptors (Lipinski definition) is 2. The van der Waals surface area contributed by atoms with E-state index < -0.39 is 0 Å². The molecule has 1 heterocycles. The first-order chi connectivity index (χ1) is 8.81. The third-order valence-corrected chi connectivity index (χ3v) is 4.34. The van der Waals surface area contributed by atoms with Crippen molar-refractivity contribution in [3.63, 3.8) is 0 Å². The van der Waals surface area contributed by atoms with Gasteiger partial charge in [-0.1, -0.05) is 41.1 Å². The van der Waals surface area contributed by atoms with Gasteiger partial charge in [0.1, 0.15) is 0 Å². The number of halogens is 1. The lowest BCUT2D eigenvalue weighted by Crippen LogP contribution is -2.44. The van der Waals surface area contributed by atoms with Crippen molar-refractivity contribution in [2.45, 2.75) is 32.2 Å². The summed E-state index contributed by atoms with van der Waals surface area (Å²) in [5, 5.41) is 3.67. The monoisotopic (exact) mass is 311 g/mol. The summed E-state index contributed by atoms with van der Waals surface area (Å²) < 4.78 is 6.86. The van der Waals surface area contributed by atoms with Crippen LogP contribution in [-0.4, -0.2) is 25.8 Å². The molecule has 2 unspecified atom stereocenters. The third kappa shape index (κ3) is 3.81. The quantitative estimate of drug-likeness (QED) is 0.900. The highest BCUT2D eigenvalue weighted by Crippen LogP contribution is 2.24. The van der Waals surface area contributed by atoms with Crippen molar-refractivity contribution in [3.8, 4) is 0 Å². The van der Waals surface area contributed by atoms with Gasteiger partial charge in [-0.15, -0.1) is 0 Å². The Balaban J connectivity index is 1.98. The van der Waals surface area contributed by atoms with Gasteiger partial charge in [0.15, 0.2) is 0 Å². The molecule has 1 aromatic rings. The summed E-state index contributed by atoms with van der Waals surface area (Å²) in [5.74, 6) is 0.587. The average Bonchev–Trinajstić information content (AvgIpc) is 2.40. The van der Waals surface area contributed by atoms with E-state index in [0.717, 1.165) is 32.6 Å². The number of rotatable bonds is 5. The van der Waals surface area contributed by atoms with Gasteiger partial charge in [-0.2, -0.15) is 0 Å². The zero-order chi connectivity index (χ0) is 12.8. The average molecular weight is 312 g/mol. The van der Waals surface area contributed by atoms with Crippen LogP contribution in [0, 0.1) is 5.92 Å². The molecule has 0 amide bonds. The molecule has 0 spiro atoms. The molecule has 1 saturated heterocycles. The third-order valence-electron chi connectivity index (χ3n) is 3.57. The molecule has 1 N–H and O–H groups in total. The SMILES string of the molecule is CCCNC1CCOCC1Cc1ccccc1Br. The van der Waals surface area contributed by atoms with Gasteiger partial charge >= 0.3 is 0 Å². The Morgan fingerprint density at radius 1 is 1.39 bits per heavy atom. The minimum atomic E-state index is 0.587. The van der Waals surface area contributed by atoms with E-state index in [1.807, 2.05) is 0 Å². The summed E-state index contributed by atoms with van der Waals surface area (Å²) in [4.78, 5) is 0. The summed E-state index contributed by atoms with van der Waals surface area (Å²) in [6.07, 6.45) is 3.41. The Bertz CT molecular complexity index is 369. The molecule has 0 bridgehead atoms. The van der Waals surface area contributed by atoms with Crippen molar-refractivity contribution in [2.75, 3.05) is 19.8 Å². The standard InChI is InChI=1S/C15H22BrNO/c1-2-8-17-15-7-9-18-11-13(15)10-12-5-3-4-6-14(12)16/h3-6,13,15,17H,2,7-11H2,1H3. The molecule has 1 aliphatic heterocycles. The van der Waals surface area contributed by atoms with Gasteiger partial charge in [0, 0.05) is 23.0 Å². The van der Waals surface area contributed by atoms with E-state index in [1.165, 1.54) is 16.5 Å². The summed E-state index contributed by atoms with van der Waals surface area (Å²) in [6, 6.07) is 9.10. The zero-order valence-corrected chi connectivity index (χ0v) is 12.6. The maximum absolute atomic E-state index is 5.65. The van der Waals surface area contributed by atoms with Crippen LogP contribution in [0.15, 0.2) is 28.7 Å². The largest absolute Gasteiger partial charge is 0.381 e. The molecular formula is C15H22BrNO. The van der Waals surface area contributed by atoms with Gasteiger partial charge in [0.2, 0.25) is 0 Å². The highest BCUT2D eigenvalue weighted by Gasteiger charge is 2.25. The minimum Gasteiger partial charge on any atom is -0.381 e. The van der Waals surface area contributed by atoms with Gasteiger partial charge in [-0.05, 0) is 37.4 Å². The second kappa shape index (κ2) is 7.27. The van der Waals surface area contributed by atoms with E-state index in [1.54, 1.807) is 0 Å². The summed E-state index contributed by atoms with van der Waals surface area (Å²) in [5.41, 5.74) is 1.39. The molecule has 0 aliphatic carbocycles. The molecule has 0 saturated carbocycles. The van der Waals surface area contributed by atoms with E-state index in [0.29, 0.717) is 12.0 Å². The lowest BCUT2D eigenvalue weighted by atomic mass is 9.89. The summed E-state index contributed by atoms with van der Waals surface area (Å²) >= 11 is 3.63. The van der Waals surface area contributed by atoms with Crippen LogP contribution in [0.2, 0.25) is 0 Å². The van der Waals surface area contributed by atoms with E-state index in [9.17, 15) is 0 Å². The van der Waals surface area contributed by atoms with E-state index >= 15 is 0 Å². The number of ether oxygens (including phenoxy) is 1. The topological polar surface area (TPSA) is 21.3 Å². The highest BCUT2D eigenvalue weighted by atomic mass is 79.9. The van der Waals surface area contributed by atoms with E-state index in [2.05, 4.69) is 52.4 Å². The first-order valence-electron chi connectivity index (χ1n) is 6.85. The zero-order valence-electron chi connectivity index (χ0n) is 11.0. The number of hydrogen-bond donors (Lipinski definition) is 1. The first-order valence-corrected chi connectivity index (χ1v) is 7.65. The van der Waals surface area contributed by atoms with Crippen LogP contribution >= 0.6 is 15.9 Å². The smallest absolute Gasteiger partial charge is 0.0512 e. The van der Waals surface area contributed by atoms with Crippen molar-refractivity contribution in [3.05, 3.63) is 34.3 Å². The van der Waals surface area contributed by atoms with E-state index in [-0.39, 0.29) is 0 Å². The van der Waals surface area contributed by atoms with Crippen LogP contribution in [0.25, 0.3) is 0 Å². The molecule has 18 heavy (non-hydrogen) atoms. The van der Waals surface area contributed by atoms with Gasteiger partial charge < -0.3 is 10.1 Å². The van der Waals surface area contributed by atoms with Crippen LogP contribution < -0.4 is 5.32 Å². The van der Waals surface area contributed by atoms with Crippen molar-refractivity contribution >= 4 is 15.9 Å². The maximum atomic E-state index is 5.65. The van der Waals surface area contributed by atoms with Crippen LogP contribution in [0.5, 0.6) is 0 Å². The van der Waals surface area contributed by atoms with Gasteiger partial charge in [-0.25, -0.2) is 0 Å². The molecule has 1 aromatic carbocycles. The fourth-order valence-electron chi connectivity index (χ4n) is 2.54. The molecular weight excluding hydrogens is 290 g/mol. The Hall–Kier alpha value is -0.380. The molecule has 2 rings (SSSR count). The predicted octanol–water partition coefficient (Wildman–Crippen LogP) is 3.40. The van der Waals surface area contributed by atoms with Gasteiger partial charge in [0.05, 0.1) is 6.61 Å². The lowest BCUT2D eigenvalue weighted by molar-refractivity contribution is 0.0322. The van der Waals surface area contributed by atoms with Crippen LogP contribution in [0.4, 0.5) is 0 Å². The molecule has 0 radical (unpaired) electrons. The first kappa shape index (κ1) is 14.0. The Morgan fingerprint density at radius 3 is 3.00 bits per heavy atom. The van der Waals surface area contributed by atoms with Crippen molar-refractivity contribution < 1.29 is 4.74 Å². The minimum absolute atomic E-state index is 0.587. The molecule has 3 heteroatoms. The summed E-state index contributed by atoms with van der Waals surface area (Å²) in [7, 11) is 0. The van der Waals surface area contributed by atoms with Gasteiger partial charge in [0.25, 0.3) is 0 Å². The van der Waals surface area contributed by atoms with Gasteiger partial charge in [-0.3, -0.25) is 0 Å². The van der Waals surface area contributed by atoms with Crippen LogP contribution in [-0.2, 0) is 11.2 Å². The fraction of sp³-hybridized carbons (Fsp3) is 0.600. The summed E-state index contributed by atoms with van der Waals surface area (Å²) in [6.45, 7) is 5.10. The molecule has 1 aliphatic rings. The normalized spacial score (nSPS) is 24.1. The predicted molar refractivity (Wildman–Crippen MR) is 78.9 cm³/mol. The van der Waals surface area contributed by atoms with Crippen molar-refractivity contribution in [2.24, 2.45) is 5.92 Å². The van der Waals surface area contributed by atoms with Crippen molar-refractivity contribution in [1.82, 2.24) is 5.32 Å².